The van der Waals surface area contributed by atoms with E-state index in [9.17, 15) is 4.79 Å². The smallest absolute Gasteiger partial charge is 0.404 e. The first-order valence-electron chi connectivity index (χ1n) is 5.23. The minimum absolute atomic E-state index is 0.188. The van der Waals surface area contributed by atoms with Crippen LogP contribution in [-0.2, 0) is 15.9 Å². The van der Waals surface area contributed by atoms with E-state index in [4.69, 9.17) is 21.6 Å². The van der Waals surface area contributed by atoms with Crippen molar-refractivity contribution in [3.8, 4) is 12.3 Å². The van der Waals surface area contributed by atoms with E-state index in [1.54, 1.807) is 0 Å². The summed E-state index contributed by atoms with van der Waals surface area (Å²) in [6.07, 6.45) is 4.39. The number of nitrogens with two attached hydrogens (primary N) is 1. The van der Waals surface area contributed by atoms with Crippen LogP contribution in [0.3, 0.4) is 0 Å². The Morgan fingerprint density at radius 1 is 1.41 bits per heavy atom. The molecule has 4 heteroatoms. The van der Waals surface area contributed by atoms with Crippen molar-refractivity contribution in [3.05, 3.63) is 35.9 Å². The van der Waals surface area contributed by atoms with Gasteiger partial charge in [-0.25, -0.2) is 4.79 Å². The number of ether oxygens (including phenoxy) is 2. The average molecular weight is 233 g/mol. The van der Waals surface area contributed by atoms with E-state index in [0.717, 1.165) is 5.56 Å². The number of hydrogen-bond acceptors (Lipinski definition) is 3. The van der Waals surface area contributed by atoms with Crippen LogP contribution >= 0.6 is 0 Å². The van der Waals surface area contributed by atoms with Crippen molar-refractivity contribution in [2.75, 3.05) is 13.2 Å². The molecule has 0 bridgehead atoms. The monoisotopic (exact) mass is 233 g/mol. The van der Waals surface area contributed by atoms with Gasteiger partial charge < -0.3 is 15.2 Å². The molecule has 1 unspecified atom stereocenters. The van der Waals surface area contributed by atoms with Crippen molar-refractivity contribution in [3.63, 3.8) is 0 Å². The van der Waals surface area contributed by atoms with Crippen LogP contribution in [0.15, 0.2) is 30.3 Å². The zero-order valence-electron chi connectivity index (χ0n) is 9.46. The molecule has 1 aromatic rings. The highest BCUT2D eigenvalue weighted by atomic mass is 16.6. The van der Waals surface area contributed by atoms with Gasteiger partial charge in [0.2, 0.25) is 0 Å². The molecule has 0 aliphatic heterocycles. The summed E-state index contributed by atoms with van der Waals surface area (Å²) in [5, 5.41) is 0. The second-order valence-electron chi connectivity index (χ2n) is 3.47. The lowest BCUT2D eigenvalue weighted by Gasteiger charge is -2.16. The SMILES string of the molecule is C#CCOCC(Cc1ccccc1)OC(N)=O. The predicted octanol–water partition coefficient (Wildman–Crippen LogP) is 1.34. The molecule has 1 atom stereocenters. The number of hydrogen-bond donors (Lipinski definition) is 1. The second-order valence-corrected chi connectivity index (χ2v) is 3.47. The van der Waals surface area contributed by atoms with Gasteiger partial charge in [0, 0.05) is 6.42 Å². The van der Waals surface area contributed by atoms with E-state index in [1.807, 2.05) is 30.3 Å². The largest absolute Gasteiger partial charge is 0.444 e. The van der Waals surface area contributed by atoms with Gasteiger partial charge in [0.1, 0.15) is 12.7 Å². The fourth-order valence-corrected chi connectivity index (χ4v) is 1.43. The summed E-state index contributed by atoms with van der Waals surface area (Å²) in [7, 11) is 0. The van der Waals surface area contributed by atoms with Crippen molar-refractivity contribution in [2.45, 2.75) is 12.5 Å². The zero-order valence-corrected chi connectivity index (χ0v) is 9.46. The molecule has 0 saturated carbocycles. The Bertz CT molecular complexity index is 383. The van der Waals surface area contributed by atoms with Crippen LogP contribution in [0.25, 0.3) is 0 Å². The highest BCUT2D eigenvalue weighted by Crippen LogP contribution is 2.06. The Morgan fingerprint density at radius 2 is 2.12 bits per heavy atom. The van der Waals surface area contributed by atoms with Gasteiger partial charge in [0.05, 0.1) is 6.61 Å². The van der Waals surface area contributed by atoms with Crippen LogP contribution in [0, 0.1) is 12.3 Å². The van der Waals surface area contributed by atoms with E-state index in [0.29, 0.717) is 6.42 Å². The Kier molecular flexibility index (Phi) is 5.62. The molecule has 17 heavy (non-hydrogen) atoms. The maximum atomic E-state index is 10.7. The molecular weight excluding hydrogens is 218 g/mol. The molecule has 1 aromatic carbocycles. The van der Waals surface area contributed by atoms with E-state index >= 15 is 0 Å². The van der Waals surface area contributed by atoms with Crippen LogP contribution < -0.4 is 5.73 Å². The third-order valence-corrected chi connectivity index (χ3v) is 2.08. The number of amides is 1. The number of rotatable bonds is 6. The molecule has 2 N–H and O–H groups in total. The first kappa shape index (κ1) is 13.1. The van der Waals surface area contributed by atoms with Gasteiger partial charge in [-0.15, -0.1) is 6.42 Å². The van der Waals surface area contributed by atoms with E-state index in [2.05, 4.69) is 5.92 Å². The maximum Gasteiger partial charge on any atom is 0.404 e. The topological polar surface area (TPSA) is 61.6 Å². The number of terminal acetylenes is 1. The molecule has 1 rings (SSSR count). The molecule has 0 aliphatic rings. The average Bonchev–Trinajstić information content (AvgIpc) is 2.30. The fourth-order valence-electron chi connectivity index (χ4n) is 1.43. The molecule has 4 nitrogen and oxygen atoms in total. The summed E-state index contributed by atoms with van der Waals surface area (Å²) in [4.78, 5) is 10.7. The maximum absolute atomic E-state index is 10.7. The summed E-state index contributed by atoms with van der Waals surface area (Å²) in [5.74, 6) is 2.35. The van der Waals surface area contributed by atoms with E-state index < -0.39 is 12.2 Å². The van der Waals surface area contributed by atoms with Crippen LogP contribution in [0.4, 0.5) is 4.79 Å². The third kappa shape index (κ3) is 5.59. The van der Waals surface area contributed by atoms with Crippen molar-refractivity contribution in [1.82, 2.24) is 0 Å². The summed E-state index contributed by atoms with van der Waals surface area (Å²) in [5.41, 5.74) is 6.04. The highest BCUT2D eigenvalue weighted by molar-refractivity contribution is 5.64. The fraction of sp³-hybridized carbons (Fsp3) is 0.308. The molecule has 0 heterocycles. The lowest BCUT2D eigenvalue weighted by Crippen LogP contribution is -2.28. The lowest BCUT2D eigenvalue weighted by molar-refractivity contribution is 0.0347. The van der Waals surface area contributed by atoms with E-state index in [1.165, 1.54) is 0 Å². The Balaban J connectivity index is 2.51. The lowest BCUT2D eigenvalue weighted by atomic mass is 10.1. The second kappa shape index (κ2) is 7.31. The first-order valence-corrected chi connectivity index (χ1v) is 5.23. The molecule has 1 amide bonds. The number of carbonyl (C=O) groups is 1. The number of carbonyl (C=O) groups excluding carboxylic acids is 1. The molecular formula is C13H15NO3. The van der Waals surface area contributed by atoms with Crippen LogP contribution in [-0.4, -0.2) is 25.4 Å². The number of primary amides is 1. The molecule has 0 spiro atoms. The third-order valence-electron chi connectivity index (χ3n) is 2.08. The van der Waals surface area contributed by atoms with Gasteiger partial charge >= 0.3 is 6.09 Å². The van der Waals surface area contributed by atoms with Crippen molar-refractivity contribution in [1.29, 1.82) is 0 Å². The molecule has 0 radical (unpaired) electrons. The van der Waals surface area contributed by atoms with E-state index in [-0.39, 0.29) is 13.2 Å². The normalized spacial score (nSPS) is 11.5. The zero-order chi connectivity index (χ0) is 12.5. The summed E-state index contributed by atoms with van der Waals surface area (Å²) >= 11 is 0. The number of benzene rings is 1. The van der Waals surface area contributed by atoms with Gasteiger partial charge in [0.15, 0.2) is 0 Å². The Morgan fingerprint density at radius 3 is 2.71 bits per heavy atom. The van der Waals surface area contributed by atoms with Crippen molar-refractivity contribution in [2.24, 2.45) is 5.73 Å². The Labute approximate surface area is 101 Å². The molecule has 0 fully saturated rings. The summed E-state index contributed by atoms with van der Waals surface area (Å²) in [6, 6.07) is 9.64. The summed E-state index contributed by atoms with van der Waals surface area (Å²) < 4.78 is 10.1. The molecule has 90 valence electrons. The predicted molar refractivity (Wildman–Crippen MR) is 64.3 cm³/mol. The van der Waals surface area contributed by atoms with Crippen molar-refractivity contribution < 1.29 is 14.3 Å². The minimum Gasteiger partial charge on any atom is -0.444 e. The highest BCUT2D eigenvalue weighted by Gasteiger charge is 2.13. The van der Waals surface area contributed by atoms with Gasteiger partial charge in [-0.3, -0.25) is 0 Å². The van der Waals surface area contributed by atoms with Crippen molar-refractivity contribution >= 4 is 6.09 Å². The first-order chi connectivity index (χ1) is 8.22. The van der Waals surface area contributed by atoms with Gasteiger partial charge in [0.25, 0.3) is 0 Å². The van der Waals surface area contributed by atoms with Gasteiger partial charge in [-0.2, -0.15) is 0 Å². The summed E-state index contributed by atoms with van der Waals surface area (Å²) in [6.45, 7) is 0.426. The van der Waals surface area contributed by atoms with Gasteiger partial charge in [-0.1, -0.05) is 36.3 Å². The molecule has 0 saturated heterocycles. The molecule has 0 aromatic heterocycles. The quantitative estimate of drug-likeness (QED) is 0.596. The standard InChI is InChI=1S/C13H15NO3/c1-2-8-16-10-12(17-13(14)15)9-11-6-4-3-5-7-11/h1,3-7,12H,8-10H2,(H2,14,15). The van der Waals surface area contributed by atoms with Crippen LogP contribution in [0.2, 0.25) is 0 Å². The van der Waals surface area contributed by atoms with Crippen LogP contribution in [0.1, 0.15) is 5.56 Å². The van der Waals surface area contributed by atoms with Crippen LogP contribution in [0.5, 0.6) is 0 Å². The molecule has 0 aliphatic carbocycles. The minimum atomic E-state index is -0.810. The van der Waals surface area contributed by atoms with Gasteiger partial charge in [-0.05, 0) is 5.56 Å². The Hall–Kier alpha value is -1.99.